The summed E-state index contributed by atoms with van der Waals surface area (Å²) in [5.74, 6) is -0.320. The summed E-state index contributed by atoms with van der Waals surface area (Å²) in [7, 11) is 1.78. The molecule has 0 spiro atoms. The van der Waals surface area contributed by atoms with Crippen LogP contribution in [0, 0.1) is 11.3 Å². The van der Waals surface area contributed by atoms with Crippen LogP contribution in [0.2, 0.25) is 5.02 Å². The van der Waals surface area contributed by atoms with Crippen molar-refractivity contribution >= 4 is 34.8 Å². The summed E-state index contributed by atoms with van der Waals surface area (Å²) in [6.45, 7) is 0.618. The number of halogens is 1. The minimum absolute atomic E-state index is 0.131. The average molecular weight is 386 g/mol. The van der Waals surface area contributed by atoms with Gasteiger partial charge in [-0.3, -0.25) is 9.59 Å². The number of nitrogens with one attached hydrogen (secondary N) is 2. The Morgan fingerprint density at radius 3 is 2.41 bits per heavy atom. The first-order valence-corrected chi connectivity index (χ1v) is 8.96. The van der Waals surface area contributed by atoms with E-state index < -0.39 is 0 Å². The van der Waals surface area contributed by atoms with Crippen molar-refractivity contribution in [2.24, 2.45) is 0 Å². The molecule has 0 heterocycles. The Morgan fingerprint density at radius 1 is 1.11 bits per heavy atom. The van der Waals surface area contributed by atoms with Gasteiger partial charge in [0.1, 0.15) is 0 Å². The van der Waals surface area contributed by atoms with Crippen molar-refractivity contribution in [3.63, 3.8) is 0 Å². The molecule has 2 N–H and O–H groups in total. The number of carbonyl (C=O) groups excluding carboxylic acids is 2. The van der Waals surface area contributed by atoms with Gasteiger partial charge in [0.15, 0.2) is 13.1 Å². The average Bonchev–Trinajstić information content (AvgIpc) is 2.64. The van der Waals surface area contributed by atoms with Gasteiger partial charge in [-0.2, -0.15) is 5.26 Å². The molecule has 2 rings (SSSR count). The maximum atomic E-state index is 12.7. The van der Waals surface area contributed by atoms with Gasteiger partial charge in [-0.1, -0.05) is 29.8 Å². The quantitative estimate of drug-likeness (QED) is 0.726. The summed E-state index contributed by atoms with van der Waals surface area (Å²) in [6, 6.07) is 18.1. The zero-order valence-electron chi connectivity index (χ0n) is 15.1. The lowest BCUT2D eigenvalue weighted by molar-refractivity contribution is -0.862. The highest BCUT2D eigenvalue weighted by Gasteiger charge is 2.21. The standard InChI is InChI=1S/C20H21ClN4O2/c1-24(14-19(26)23-17-10-8-16(21)9-11-17)15-20(27)25(13-5-12-22)18-6-3-2-4-7-18/h2-4,6-11H,5,13-15H2,1H3,(H,23,26)/p+1. The van der Waals surface area contributed by atoms with Gasteiger partial charge < -0.3 is 15.1 Å². The molecule has 0 aliphatic rings. The second kappa shape index (κ2) is 10.3. The Morgan fingerprint density at radius 2 is 1.78 bits per heavy atom. The molecule has 0 saturated carbocycles. The van der Waals surface area contributed by atoms with Crippen molar-refractivity contribution in [1.29, 1.82) is 5.26 Å². The fourth-order valence-electron chi connectivity index (χ4n) is 2.60. The summed E-state index contributed by atoms with van der Waals surface area (Å²) in [4.78, 5) is 27.2. The molecule has 140 valence electrons. The molecule has 2 aromatic carbocycles. The van der Waals surface area contributed by atoms with Crippen LogP contribution in [0.25, 0.3) is 0 Å². The summed E-state index contributed by atoms with van der Waals surface area (Å²) >= 11 is 5.83. The second-order valence-electron chi connectivity index (χ2n) is 6.15. The van der Waals surface area contributed by atoms with E-state index in [1.54, 1.807) is 36.2 Å². The Balaban J connectivity index is 1.92. The topological polar surface area (TPSA) is 77.6 Å². The molecule has 6 nitrogen and oxygen atoms in total. The summed E-state index contributed by atoms with van der Waals surface area (Å²) in [6.07, 6.45) is 0.247. The zero-order valence-corrected chi connectivity index (χ0v) is 15.9. The number of nitriles is 1. The van der Waals surface area contributed by atoms with Crippen molar-refractivity contribution in [2.45, 2.75) is 6.42 Å². The molecule has 0 radical (unpaired) electrons. The van der Waals surface area contributed by atoms with E-state index in [2.05, 4.69) is 11.4 Å². The van der Waals surface area contributed by atoms with Gasteiger partial charge >= 0.3 is 0 Å². The van der Waals surface area contributed by atoms with E-state index in [9.17, 15) is 9.59 Å². The Labute approximate surface area is 163 Å². The van der Waals surface area contributed by atoms with Crippen LogP contribution in [-0.2, 0) is 9.59 Å². The molecule has 0 aliphatic heterocycles. The molecule has 0 fully saturated rings. The molecule has 27 heavy (non-hydrogen) atoms. The predicted octanol–water partition coefficient (Wildman–Crippen LogP) is 1.74. The highest BCUT2D eigenvalue weighted by molar-refractivity contribution is 6.30. The summed E-state index contributed by atoms with van der Waals surface area (Å²) in [5.41, 5.74) is 1.40. The molecule has 2 amide bonds. The number of nitrogens with zero attached hydrogens (tertiary/aromatic N) is 2. The third-order valence-corrected chi connectivity index (χ3v) is 4.11. The fraction of sp³-hybridized carbons (Fsp3) is 0.250. The number of rotatable bonds is 8. The van der Waals surface area contributed by atoms with E-state index in [1.807, 2.05) is 30.3 Å². The number of hydrogen-bond donors (Lipinski definition) is 2. The lowest BCUT2D eigenvalue weighted by atomic mass is 10.2. The molecule has 1 atom stereocenters. The third-order valence-electron chi connectivity index (χ3n) is 3.86. The normalized spacial score (nSPS) is 11.3. The molecule has 0 aromatic heterocycles. The van der Waals surface area contributed by atoms with Crippen LogP contribution in [0.15, 0.2) is 54.6 Å². The van der Waals surface area contributed by atoms with Crippen LogP contribution >= 0.6 is 11.6 Å². The lowest BCUT2D eigenvalue weighted by Crippen LogP contribution is -3.11. The van der Waals surface area contributed by atoms with Crippen LogP contribution in [-0.4, -0.2) is 38.5 Å². The molecule has 0 saturated heterocycles. The second-order valence-corrected chi connectivity index (χ2v) is 6.59. The van der Waals surface area contributed by atoms with Crippen LogP contribution < -0.4 is 15.1 Å². The van der Waals surface area contributed by atoms with Crippen molar-refractivity contribution in [2.75, 3.05) is 36.9 Å². The van der Waals surface area contributed by atoms with Crippen LogP contribution in [0.1, 0.15) is 6.42 Å². The largest absolute Gasteiger partial charge is 0.322 e. The monoisotopic (exact) mass is 385 g/mol. The van der Waals surface area contributed by atoms with E-state index in [1.165, 1.54) is 0 Å². The van der Waals surface area contributed by atoms with Crippen molar-refractivity contribution in [3.05, 3.63) is 59.6 Å². The molecular formula is C20H22ClN4O2+. The Kier molecular flexibility index (Phi) is 7.80. The van der Waals surface area contributed by atoms with Gasteiger partial charge in [0, 0.05) is 22.9 Å². The van der Waals surface area contributed by atoms with Gasteiger partial charge in [0.25, 0.3) is 11.8 Å². The minimum Gasteiger partial charge on any atom is -0.322 e. The maximum Gasteiger partial charge on any atom is 0.282 e. The first-order valence-electron chi connectivity index (χ1n) is 8.58. The number of hydrogen-bond acceptors (Lipinski definition) is 3. The van der Waals surface area contributed by atoms with Crippen molar-refractivity contribution < 1.29 is 14.5 Å². The number of anilines is 2. The highest BCUT2D eigenvalue weighted by Crippen LogP contribution is 2.14. The van der Waals surface area contributed by atoms with Gasteiger partial charge in [0.05, 0.1) is 19.5 Å². The highest BCUT2D eigenvalue weighted by atomic mass is 35.5. The number of carbonyl (C=O) groups is 2. The Hall–Kier alpha value is -2.88. The van der Waals surface area contributed by atoms with Crippen molar-refractivity contribution in [3.8, 4) is 6.07 Å². The smallest absolute Gasteiger partial charge is 0.282 e. The summed E-state index contributed by atoms with van der Waals surface area (Å²) < 4.78 is 0. The van der Waals surface area contributed by atoms with E-state index in [0.717, 1.165) is 10.6 Å². The van der Waals surface area contributed by atoms with E-state index >= 15 is 0 Å². The van der Waals surface area contributed by atoms with E-state index in [0.29, 0.717) is 17.3 Å². The van der Waals surface area contributed by atoms with Gasteiger partial charge in [0.2, 0.25) is 0 Å². The molecule has 7 heteroatoms. The zero-order chi connectivity index (χ0) is 19.6. The maximum absolute atomic E-state index is 12.7. The predicted molar refractivity (Wildman–Crippen MR) is 106 cm³/mol. The van der Waals surface area contributed by atoms with E-state index in [-0.39, 0.29) is 31.3 Å². The van der Waals surface area contributed by atoms with Crippen LogP contribution in [0.5, 0.6) is 0 Å². The van der Waals surface area contributed by atoms with Gasteiger partial charge in [-0.15, -0.1) is 0 Å². The molecular weight excluding hydrogens is 364 g/mol. The fourth-order valence-corrected chi connectivity index (χ4v) is 2.72. The number of amides is 2. The number of likely N-dealkylation sites (N-methyl/N-ethyl adjacent to an activating group) is 1. The molecule has 2 aromatic rings. The number of benzene rings is 2. The SMILES string of the molecule is C[NH+](CC(=O)Nc1ccc(Cl)cc1)CC(=O)N(CCC#N)c1ccccc1. The Bertz CT molecular complexity index is 803. The molecule has 0 aliphatic carbocycles. The summed E-state index contributed by atoms with van der Waals surface area (Å²) in [5, 5.41) is 12.2. The first-order chi connectivity index (χ1) is 13.0. The molecule has 1 unspecified atom stereocenters. The number of para-hydroxylation sites is 1. The van der Waals surface area contributed by atoms with Gasteiger partial charge in [-0.05, 0) is 36.4 Å². The molecule has 0 bridgehead atoms. The van der Waals surface area contributed by atoms with E-state index in [4.69, 9.17) is 16.9 Å². The lowest BCUT2D eigenvalue weighted by Gasteiger charge is -2.23. The third kappa shape index (κ3) is 6.74. The minimum atomic E-state index is -0.189. The van der Waals surface area contributed by atoms with Gasteiger partial charge in [-0.25, -0.2) is 0 Å². The van der Waals surface area contributed by atoms with Crippen molar-refractivity contribution in [1.82, 2.24) is 0 Å². The van der Waals surface area contributed by atoms with Crippen LogP contribution in [0.3, 0.4) is 0 Å². The first kappa shape index (κ1) is 20.4. The van der Waals surface area contributed by atoms with Crippen LogP contribution in [0.4, 0.5) is 11.4 Å². The number of quaternary nitrogens is 1.